The van der Waals surface area contributed by atoms with Gasteiger partial charge in [0.25, 0.3) is 0 Å². The Morgan fingerprint density at radius 2 is 1.89 bits per heavy atom. The van der Waals surface area contributed by atoms with Crippen LogP contribution in [0.25, 0.3) is 21.9 Å². The molecule has 1 saturated heterocycles. The van der Waals surface area contributed by atoms with Gasteiger partial charge in [-0.1, -0.05) is 11.6 Å². The van der Waals surface area contributed by atoms with E-state index in [-0.39, 0.29) is 23.4 Å². The third-order valence-electron chi connectivity index (χ3n) is 6.60. The van der Waals surface area contributed by atoms with Gasteiger partial charge in [0, 0.05) is 60.6 Å². The molecule has 11 heteroatoms. The Balaban J connectivity index is 1.56. The van der Waals surface area contributed by atoms with Crippen LogP contribution in [0.2, 0.25) is 5.02 Å². The third kappa shape index (κ3) is 4.48. The minimum absolute atomic E-state index is 0.00280. The van der Waals surface area contributed by atoms with E-state index < -0.39 is 9.84 Å². The molecule has 3 aromatic heterocycles. The number of benzene rings is 1. The molecular formula is C24H26ClN5O4S. The minimum Gasteiger partial charge on any atom is -0.343 e. The highest BCUT2D eigenvalue weighted by Gasteiger charge is 2.33. The van der Waals surface area contributed by atoms with Crippen LogP contribution in [0.15, 0.2) is 47.5 Å². The van der Waals surface area contributed by atoms with Gasteiger partial charge in [-0.2, -0.15) is 0 Å². The zero-order valence-electron chi connectivity index (χ0n) is 19.5. The number of halogens is 1. The van der Waals surface area contributed by atoms with E-state index in [4.69, 9.17) is 11.6 Å². The number of likely N-dealkylation sites (tertiary alicyclic amines) is 1. The Hall–Kier alpha value is -3.11. The lowest BCUT2D eigenvalue weighted by Crippen LogP contribution is -2.52. The van der Waals surface area contributed by atoms with Crippen molar-refractivity contribution in [3.8, 4) is 0 Å². The summed E-state index contributed by atoms with van der Waals surface area (Å²) in [6.07, 6.45) is 5.03. The summed E-state index contributed by atoms with van der Waals surface area (Å²) < 4.78 is 28.9. The predicted molar refractivity (Wildman–Crippen MR) is 136 cm³/mol. The average Bonchev–Trinajstić information content (AvgIpc) is 3.21. The molecule has 35 heavy (non-hydrogen) atoms. The van der Waals surface area contributed by atoms with Crippen LogP contribution >= 0.6 is 11.6 Å². The lowest BCUT2D eigenvalue weighted by molar-refractivity contribution is -0.134. The van der Waals surface area contributed by atoms with Crippen LogP contribution in [0.1, 0.15) is 25.1 Å². The minimum atomic E-state index is -3.09. The van der Waals surface area contributed by atoms with Crippen molar-refractivity contribution in [1.82, 2.24) is 23.6 Å². The fraction of sp³-hybridized carbons (Fsp3) is 0.375. The Morgan fingerprint density at radius 1 is 1.11 bits per heavy atom. The maximum Gasteiger partial charge on any atom is 0.329 e. The number of hydrogen-bond donors (Lipinski definition) is 0. The largest absolute Gasteiger partial charge is 0.343 e. The highest BCUT2D eigenvalue weighted by molar-refractivity contribution is 7.90. The molecule has 0 spiro atoms. The van der Waals surface area contributed by atoms with E-state index in [1.165, 1.54) is 13.2 Å². The molecule has 4 aromatic rings. The van der Waals surface area contributed by atoms with Crippen LogP contribution in [0, 0.1) is 0 Å². The molecule has 184 valence electrons. The number of rotatable bonds is 7. The summed E-state index contributed by atoms with van der Waals surface area (Å²) in [6.45, 7) is 3.32. The van der Waals surface area contributed by atoms with E-state index in [1.807, 2.05) is 24.3 Å². The molecule has 1 fully saturated rings. The summed E-state index contributed by atoms with van der Waals surface area (Å²) in [7, 11) is -3.09. The molecule has 0 N–H and O–H groups in total. The maximum atomic E-state index is 13.6. The van der Waals surface area contributed by atoms with Gasteiger partial charge < -0.3 is 9.47 Å². The second-order valence-electron chi connectivity index (χ2n) is 9.15. The zero-order chi connectivity index (χ0) is 24.9. The number of sulfone groups is 1. The molecule has 0 atom stereocenters. The molecule has 1 aliphatic heterocycles. The highest BCUT2D eigenvalue weighted by atomic mass is 35.5. The first-order valence-electron chi connectivity index (χ1n) is 11.4. The van der Waals surface area contributed by atoms with Crippen molar-refractivity contribution in [2.45, 2.75) is 32.5 Å². The molecule has 0 aliphatic carbocycles. The van der Waals surface area contributed by atoms with Crippen molar-refractivity contribution < 1.29 is 13.2 Å². The van der Waals surface area contributed by atoms with Crippen molar-refractivity contribution >= 4 is 49.3 Å². The van der Waals surface area contributed by atoms with E-state index in [9.17, 15) is 18.0 Å². The molecule has 1 amide bonds. The number of hydrogen-bond acceptors (Lipinski definition) is 5. The number of carbonyl (C=O) groups excluding carboxylic acids is 1. The smallest absolute Gasteiger partial charge is 0.329 e. The van der Waals surface area contributed by atoms with E-state index in [0.717, 1.165) is 22.1 Å². The topological polar surface area (TPSA) is 99.2 Å². The Morgan fingerprint density at radius 3 is 2.60 bits per heavy atom. The first-order chi connectivity index (χ1) is 16.6. The highest BCUT2D eigenvalue weighted by Crippen LogP contribution is 2.27. The first kappa shape index (κ1) is 23.6. The van der Waals surface area contributed by atoms with Gasteiger partial charge in [0.2, 0.25) is 5.91 Å². The number of carbonyl (C=O) groups is 1. The van der Waals surface area contributed by atoms with Gasteiger partial charge in [-0.25, -0.2) is 13.2 Å². The molecular weight excluding hydrogens is 490 g/mol. The fourth-order valence-corrected chi connectivity index (χ4v) is 5.68. The second-order valence-corrected chi connectivity index (χ2v) is 11.9. The molecule has 9 nitrogen and oxygen atoms in total. The lowest BCUT2D eigenvalue weighted by atomic mass is 10.1. The summed E-state index contributed by atoms with van der Waals surface area (Å²) in [5.74, 6) is 0.0778. The summed E-state index contributed by atoms with van der Waals surface area (Å²) in [4.78, 5) is 31.2. The fourth-order valence-electron chi connectivity index (χ4n) is 4.85. The number of amides is 1. The third-order valence-corrected chi connectivity index (χ3v) is 7.87. The summed E-state index contributed by atoms with van der Waals surface area (Å²) in [5, 5.41) is 1.54. The molecule has 1 aromatic carbocycles. The number of aryl methyl sites for hydroxylation is 1. The van der Waals surface area contributed by atoms with Gasteiger partial charge in [-0.3, -0.25) is 18.9 Å². The molecule has 4 heterocycles. The van der Waals surface area contributed by atoms with Crippen molar-refractivity contribution in [3.63, 3.8) is 0 Å². The summed E-state index contributed by atoms with van der Waals surface area (Å²) >= 11 is 6.22. The quantitative estimate of drug-likeness (QED) is 0.377. The second kappa shape index (κ2) is 8.83. The van der Waals surface area contributed by atoms with E-state index >= 15 is 0 Å². The van der Waals surface area contributed by atoms with Crippen molar-refractivity contribution in [2.24, 2.45) is 0 Å². The van der Waals surface area contributed by atoms with Gasteiger partial charge >= 0.3 is 5.69 Å². The van der Waals surface area contributed by atoms with Gasteiger partial charge in [0.15, 0.2) is 0 Å². The molecule has 5 rings (SSSR count). The summed E-state index contributed by atoms with van der Waals surface area (Å²) in [6, 6.07) is 9.32. The van der Waals surface area contributed by atoms with E-state index in [0.29, 0.717) is 43.1 Å². The maximum absolute atomic E-state index is 13.6. The van der Waals surface area contributed by atoms with Crippen molar-refractivity contribution in [1.29, 1.82) is 0 Å². The molecule has 0 radical (unpaired) electrons. The van der Waals surface area contributed by atoms with Crippen molar-refractivity contribution in [2.75, 3.05) is 25.1 Å². The van der Waals surface area contributed by atoms with Crippen LogP contribution in [0.3, 0.4) is 0 Å². The standard InChI is InChI=1S/C24H26ClN5O4S/c1-16(31)27-13-20(14-27)30-22-6-7-26-12-23(22)29(24(30)32)15-19-11-17-10-18(25)4-5-21(17)28(19)8-3-9-35(2,33)34/h4-7,10-12,20H,3,8-9,13-15H2,1-2H3. The predicted octanol–water partition coefficient (Wildman–Crippen LogP) is 2.69. The normalized spacial score (nSPS) is 14.7. The first-order valence-corrected chi connectivity index (χ1v) is 13.8. The summed E-state index contributed by atoms with van der Waals surface area (Å²) in [5.41, 5.74) is 3.14. The Bertz CT molecular complexity index is 1610. The number of fused-ring (bicyclic) bond motifs is 2. The number of imidazole rings is 1. The van der Waals surface area contributed by atoms with Gasteiger partial charge in [-0.15, -0.1) is 0 Å². The van der Waals surface area contributed by atoms with Crippen LogP contribution in [-0.4, -0.2) is 63.0 Å². The zero-order valence-corrected chi connectivity index (χ0v) is 21.1. The van der Waals surface area contributed by atoms with Crippen LogP contribution in [0.4, 0.5) is 0 Å². The number of pyridine rings is 1. The van der Waals surface area contributed by atoms with Crippen LogP contribution in [-0.2, 0) is 27.7 Å². The van der Waals surface area contributed by atoms with Gasteiger partial charge in [0.1, 0.15) is 9.84 Å². The number of aromatic nitrogens is 4. The van der Waals surface area contributed by atoms with Crippen LogP contribution in [0.5, 0.6) is 0 Å². The molecule has 0 saturated carbocycles. The van der Waals surface area contributed by atoms with Gasteiger partial charge in [-0.05, 0) is 36.8 Å². The monoisotopic (exact) mass is 515 g/mol. The van der Waals surface area contributed by atoms with Gasteiger partial charge in [0.05, 0.1) is 35.6 Å². The average molecular weight is 516 g/mol. The van der Waals surface area contributed by atoms with E-state index in [2.05, 4.69) is 9.55 Å². The SMILES string of the molecule is CC(=O)N1CC(n2c(=O)n(Cc3cc4cc(Cl)ccc4n3CCCS(C)(=O)=O)c3cnccc32)C1. The number of nitrogens with zero attached hydrogens (tertiary/aromatic N) is 5. The lowest BCUT2D eigenvalue weighted by Gasteiger charge is -2.39. The Kier molecular flexibility index (Phi) is 5.96. The van der Waals surface area contributed by atoms with Crippen LogP contribution < -0.4 is 5.69 Å². The van der Waals surface area contributed by atoms with E-state index in [1.54, 1.807) is 32.5 Å². The Labute approximate surface area is 207 Å². The van der Waals surface area contributed by atoms with Crippen molar-refractivity contribution in [3.05, 3.63) is 63.9 Å². The molecule has 0 bridgehead atoms. The molecule has 0 unspecified atom stereocenters. The molecule has 1 aliphatic rings.